The summed E-state index contributed by atoms with van der Waals surface area (Å²) < 4.78 is 16.3. The van der Waals surface area contributed by atoms with E-state index in [0.29, 0.717) is 21.2 Å². The number of ether oxygens (including phenoxy) is 3. The van der Waals surface area contributed by atoms with E-state index in [2.05, 4.69) is 0 Å². The Hall–Kier alpha value is -7.80. The lowest BCUT2D eigenvalue weighted by Gasteiger charge is -2.30. The van der Waals surface area contributed by atoms with Crippen LogP contribution in [0, 0.1) is 0 Å². The van der Waals surface area contributed by atoms with Crippen molar-refractivity contribution >= 4 is 59.0 Å². The number of nitrogen functional groups attached to an aromatic ring is 2. The third-order valence-corrected chi connectivity index (χ3v) is 8.41. The van der Waals surface area contributed by atoms with Crippen LogP contribution in [-0.2, 0) is 23.9 Å². The van der Waals surface area contributed by atoms with Crippen molar-refractivity contribution in [1.29, 1.82) is 0 Å². The number of carboxylic acids is 4. The van der Waals surface area contributed by atoms with Gasteiger partial charge in [0, 0.05) is 35.6 Å². The topological polar surface area (TPSA) is 304 Å². The molecule has 8 N–H and O–H groups in total. The third-order valence-electron chi connectivity index (χ3n) is 8.41. The van der Waals surface area contributed by atoms with E-state index < -0.39 is 98.9 Å². The molecule has 4 rings (SSSR count). The molecule has 0 aromatic heterocycles. The molecule has 59 heavy (non-hydrogen) atoms. The highest BCUT2D eigenvalue weighted by atomic mass is 16.5. The number of benzene rings is 4. The van der Waals surface area contributed by atoms with Crippen LogP contribution in [0.5, 0.6) is 11.5 Å². The van der Waals surface area contributed by atoms with Gasteiger partial charge in [0.1, 0.15) is 23.6 Å². The highest BCUT2D eigenvalue weighted by molar-refractivity contribution is 5.99. The number of carboxylic acid groups (broad SMARTS) is 4. The molecule has 308 valence electrons. The van der Waals surface area contributed by atoms with Crippen molar-refractivity contribution in [1.82, 2.24) is 9.80 Å². The van der Waals surface area contributed by atoms with E-state index in [1.54, 1.807) is 0 Å². The maximum absolute atomic E-state index is 13.7. The molecule has 0 spiro atoms. The van der Waals surface area contributed by atoms with Crippen molar-refractivity contribution < 1.29 is 73.0 Å². The molecule has 2 unspecified atom stereocenters. The number of carbonyl (C=O) groups is 8. The first-order chi connectivity index (χ1) is 28.0. The van der Waals surface area contributed by atoms with E-state index in [1.165, 1.54) is 84.9 Å². The van der Waals surface area contributed by atoms with Crippen LogP contribution < -0.4 is 20.9 Å². The second-order valence-electron chi connectivity index (χ2n) is 12.6. The summed E-state index contributed by atoms with van der Waals surface area (Å²) in [6, 6.07) is 18.0. The van der Waals surface area contributed by atoms with Gasteiger partial charge in [0.05, 0.1) is 37.2 Å². The average molecular weight is 815 g/mol. The zero-order valence-corrected chi connectivity index (χ0v) is 31.0. The quantitative estimate of drug-likeness (QED) is 0.0323. The van der Waals surface area contributed by atoms with Gasteiger partial charge in [-0.3, -0.25) is 19.2 Å². The average Bonchev–Trinajstić information content (AvgIpc) is 3.19. The number of anilines is 2. The summed E-state index contributed by atoms with van der Waals surface area (Å²) in [7, 11) is 0. The minimum absolute atomic E-state index is 0.0939. The van der Waals surface area contributed by atoms with Crippen molar-refractivity contribution in [3.8, 4) is 11.5 Å². The highest BCUT2D eigenvalue weighted by Crippen LogP contribution is 2.21. The number of rotatable bonds is 20. The molecule has 4 aromatic rings. The van der Waals surface area contributed by atoms with Crippen LogP contribution in [0.2, 0.25) is 0 Å². The van der Waals surface area contributed by atoms with E-state index in [4.69, 9.17) is 25.7 Å². The first kappa shape index (κ1) is 43.9. The van der Waals surface area contributed by atoms with Gasteiger partial charge in [0.25, 0.3) is 11.8 Å². The van der Waals surface area contributed by atoms with Crippen molar-refractivity contribution in [2.45, 2.75) is 24.9 Å². The molecule has 0 aliphatic rings. The maximum atomic E-state index is 13.7. The first-order valence-electron chi connectivity index (χ1n) is 17.5. The molecule has 0 saturated heterocycles. The number of esters is 2. The van der Waals surface area contributed by atoms with Gasteiger partial charge < -0.3 is 55.9 Å². The van der Waals surface area contributed by atoms with Gasteiger partial charge in [0.2, 0.25) is 0 Å². The first-order valence-corrected chi connectivity index (χ1v) is 17.5. The van der Waals surface area contributed by atoms with Crippen molar-refractivity contribution in [3.05, 3.63) is 119 Å². The zero-order valence-electron chi connectivity index (χ0n) is 31.0. The van der Waals surface area contributed by atoms with Crippen LogP contribution in [0.15, 0.2) is 97.1 Å². The predicted octanol–water partition coefficient (Wildman–Crippen LogP) is 2.75. The number of hydrogen-bond acceptors (Lipinski definition) is 13. The number of carbonyl (C=O) groups excluding carboxylic acids is 4. The largest absolute Gasteiger partial charge is 0.481 e. The standard InChI is InChI=1S/C40H38N4O15/c41-27-11-7-23(8-12-27)39(55)58-29-5-1-3-25(19-29)35(49)43(31(37(51)52)21-33(45)46)15-17-57-18-16-44(32(38(53)54)22-34(47)48)36(50)26-4-2-6-30(20-26)59-40(56)24-9-13-28(42)14-10-24/h1-14,19-20,31-32H,15-18,21-22,41-42H2,(H,45,46)(H,47,48)(H,51,52)(H,53,54). The number of nitrogens with zero attached hydrogens (tertiary/aromatic N) is 2. The number of aliphatic carboxylic acids is 4. The summed E-state index contributed by atoms with van der Waals surface area (Å²) in [5.74, 6) is -10.1. The molecule has 4 aromatic carbocycles. The molecule has 0 radical (unpaired) electrons. The molecule has 0 bridgehead atoms. The van der Waals surface area contributed by atoms with Gasteiger partial charge in [-0.1, -0.05) is 12.1 Å². The monoisotopic (exact) mass is 814 g/mol. The van der Waals surface area contributed by atoms with Gasteiger partial charge in [-0.25, -0.2) is 19.2 Å². The van der Waals surface area contributed by atoms with Crippen LogP contribution >= 0.6 is 0 Å². The van der Waals surface area contributed by atoms with E-state index in [0.717, 1.165) is 12.1 Å². The van der Waals surface area contributed by atoms with Crippen LogP contribution in [0.25, 0.3) is 0 Å². The Morgan fingerprint density at radius 3 is 1.19 bits per heavy atom. The summed E-state index contributed by atoms with van der Waals surface area (Å²) in [5.41, 5.74) is 12.0. The fourth-order valence-corrected chi connectivity index (χ4v) is 5.51. The molecule has 0 aliphatic heterocycles. The van der Waals surface area contributed by atoms with Crippen LogP contribution in [0.4, 0.5) is 11.4 Å². The lowest BCUT2D eigenvalue weighted by atomic mass is 10.1. The van der Waals surface area contributed by atoms with Crippen molar-refractivity contribution in [2.75, 3.05) is 37.8 Å². The van der Waals surface area contributed by atoms with Crippen LogP contribution in [0.3, 0.4) is 0 Å². The summed E-state index contributed by atoms with van der Waals surface area (Å²) in [4.78, 5) is 102. The van der Waals surface area contributed by atoms with E-state index in [9.17, 15) is 58.8 Å². The Kier molecular flexibility index (Phi) is 15.2. The molecule has 2 amide bonds. The van der Waals surface area contributed by atoms with Gasteiger partial charge in [-0.05, 0) is 84.9 Å². The number of hydrogen-bond donors (Lipinski definition) is 6. The van der Waals surface area contributed by atoms with Gasteiger partial charge in [-0.15, -0.1) is 0 Å². The number of amides is 2. The highest BCUT2D eigenvalue weighted by Gasteiger charge is 2.34. The van der Waals surface area contributed by atoms with E-state index >= 15 is 0 Å². The normalized spacial score (nSPS) is 11.7. The number of nitrogens with two attached hydrogens (primary N) is 2. The Morgan fingerprint density at radius 2 is 0.864 bits per heavy atom. The predicted molar refractivity (Wildman–Crippen MR) is 205 cm³/mol. The van der Waals surface area contributed by atoms with Gasteiger partial charge in [0.15, 0.2) is 0 Å². The summed E-state index contributed by atoms with van der Waals surface area (Å²) >= 11 is 0. The fourth-order valence-electron chi connectivity index (χ4n) is 5.51. The summed E-state index contributed by atoms with van der Waals surface area (Å²) in [5, 5.41) is 38.7. The molecule has 19 heteroatoms. The van der Waals surface area contributed by atoms with E-state index in [-0.39, 0.29) is 33.8 Å². The van der Waals surface area contributed by atoms with Crippen molar-refractivity contribution in [3.63, 3.8) is 0 Å². The molecule has 19 nitrogen and oxygen atoms in total. The Bertz CT molecular complexity index is 2050. The Morgan fingerprint density at radius 1 is 0.508 bits per heavy atom. The Labute approximate surface area is 334 Å². The molecule has 0 aliphatic carbocycles. The molecule has 0 fully saturated rings. The molecular formula is C40H38N4O15. The summed E-state index contributed by atoms with van der Waals surface area (Å²) in [6.07, 6.45) is -2.03. The lowest BCUT2D eigenvalue weighted by Crippen LogP contribution is -2.49. The lowest BCUT2D eigenvalue weighted by molar-refractivity contribution is -0.149. The third kappa shape index (κ3) is 12.6. The second-order valence-corrected chi connectivity index (χ2v) is 12.6. The summed E-state index contributed by atoms with van der Waals surface area (Å²) in [6.45, 7) is -2.02. The van der Waals surface area contributed by atoms with Crippen LogP contribution in [-0.4, -0.2) is 116 Å². The van der Waals surface area contributed by atoms with Crippen LogP contribution in [0.1, 0.15) is 54.3 Å². The minimum Gasteiger partial charge on any atom is -0.481 e. The minimum atomic E-state index is -1.91. The Balaban J connectivity index is 1.50. The molecule has 0 heterocycles. The fraction of sp³-hybridized carbons (Fsp3) is 0.200. The zero-order chi connectivity index (χ0) is 43.2. The van der Waals surface area contributed by atoms with Crippen molar-refractivity contribution in [2.24, 2.45) is 0 Å². The van der Waals surface area contributed by atoms with Gasteiger partial charge >= 0.3 is 35.8 Å². The molecule has 2 atom stereocenters. The maximum Gasteiger partial charge on any atom is 0.343 e. The van der Waals surface area contributed by atoms with Gasteiger partial charge in [-0.2, -0.15) is 0 Å². The SMILES string of the molecule is Nc1ccc(C(=O)Oc2cccc(C(=O)N(CCOCCN(C(=O)c3cccc(OC(=O)c4ccc(N)cc4)c3)C(CC(=O)O)C(=O)O)C(CC(=O)O)C(=O)O)c2)cc1. The molecular weight excluding hydrogens is 776 g/mol. The smallest absolute Gasteiger partial charge is 0.343 e. The second kappa shape index (κ2) is 20.4. The van der Waals surface area contributed by atoms with E-state index in [1.807, 2.05) is 0 Å². The molecule has 0 saturated carbocycles.